The van der Waals surface area contributed by atoms with Crippen molar-refractivity contribution in [2.75, 3.05) is 18.0 Å². The zero-order chi connectivity index (χ0) is 21.8. The lowest BCUT2D eigenvalue weighted by atomic mass is 9.95. The molecule has 9 heteroatoms. The van der Waals surface area contributed by atoms with Gasteiger partial charge in [-0.2, -0.15) is 0 Å². The van der Waals surface area contributed by atoms with Crippen molar-refractivity contribution in [2.45, 2.75) is 12.8 Å². The molecule has 0 radical (unpaired) electrons. The highest BCUT2D eigenvalue weighted by atomic mass is 16.6. The number of hydrogen-bond donors (Lipinski definition) is 2. The summed E-state index contributed by atoms with van der Waals surface area (Å²) >= 11 is 0. The van der Waals surface area contributed by atoms with E-state index in [1.165, 1.54) is 6.07 Å². The van der Waals surface area contributed by atoms with E-state index in [2.05, 4.69) is 15.8 Å². The quantitative estimate of drug-likeness (QED) is 0.496. The molecule has 1 saturated heterocycles. The van der Waals surface area contributed by atoms with Crippen molar-refractivity contribution >= 4 is 34.1 Å². The van der Waals surface area contributed by atoms with E-state index >= 15 is 0 Å². The highest BCUT2D eigenvalue weighted by Crippen LogP contribution is 2.31. The summed E-state index contributed by atoms with van der Waals surface area (Å²) in [5.41, 5.74) is 6.43. The molecule has 1 aromatic heterocycles. The molecule has 0 aliphatic carbocycles. The molecule has 1 aliphatic rings. The van der Waals surface area contributed by atoms with Gasteiger partial charge in [0, 0.05) is 30.5 Å². The van der Waals surface area contributed by atoms with Crippen LogP contribution < -0.4 is 15.8 Å². The molecule has 0 bridgehead atoms. The molecule has 4 rings (SSSR count). The summed E-state index contributed by atoms with van der Waals surface area (Å²) in [6, 6.07) is 17.5. The van der Waals surface area contributed by atoms with Crippen molar-refractivity contribution in [3.8, 4) is 0 Å². The first-order valence-corrected chi connectivity index (χ1v) is 9.97. The van der Waals surface area contributed by atoms with E-state index in [-0.39, 0.29) is 23.2 Å². The van der Waals surface area contributed by atoms with Crippen molar-refractivity contribution in [3.63, 3.8) is 0 Å². The summed E-state index contributed by atoms with van der Waals surface area (Å²) in [6.45, 7) is 1.03. The number of aromatic nitrogens is 1. The van der Waals surface area contributed by atoms with Crippen LogP contribution in [0, 0.1) is 16.0 Å². The van der Waals surface area contributed by atoms with Crippen LogP contribution in [0.4, 0.5) is 11.4 Å². The zero-order valence-corrected chi connectivity index (χ0v) is 16.7. The van der Waals surface area contributed by atoms with Gasteiger partial charge in [0.1, 0.15) is 11.4 Å². The van der Waals surface area contributed by atoms with Crippen LogP contribution in [-0.4, -0.2) is 34.8 Å². The number of nitro benzene ring substituents is 1. The summed E-state index contributed by atoms with van der Waals surface area (Å²) in [5, 5.41) is 12.2. The Morgan fingerprint density at radius 3 is 2.45 bits per heavy atom. The first kappa shape index (κ1) is 20.3. The predicted octanol–water partition coefficient (Wildman–Crippen LogP) is 2.82. The van der Waals surface area contributed by atoms with Gasteiger partial charge in [-0.25, -0.2) is 4.98 Å². The van der Waals surface area contributed by atoms with Gasteiger partial charge in [-0.05, 0) is 31.0 Å². The monoisotopic (exact) mass is 419 g/mol. The number of rotatable bonds is 4. The number of anilines is 1. The molecule has 1 fully saturated rings. The number of amides is 2. The lowest BCUT2D eigenvalue weighted by Gasteiger charge is -2.32. The normalized spacial score (nSPS) is 14.3. The molecule has 0 unspecified atom stereocenters. The Kier molecular flexibility index (Phi) is 5.74. The first-order chi connectivity index (χ1) is 15.0. The number of fused-ring (bicyclic) bond motifs is 1. The summed E-state index contributed by atoms with van der Waals surface area (Å²) in [4.78, 5) is 41.9. The summed E-state index contributed by atoms with van der Waals surface area (Å²) in [6.07, 6.45) is 1.06. The molecular weight excluding hydrogens is 398 g/mol. The Labute approximate surface area is 178 Å². The van der Waals surface area contributed by atoms with Crippen molar-refractivity contribution in [2.24, 2.45) is 5.92 Å². The van der Waals surface area contributed by atoms with Crippen LogP contribution in [0.1, 0.15) is 23.3 Å². The molecular formula is C22H21N5O4. The molecule has 2 amide bonds. The number of hydrazine groups is 1. The Balaban J connectivity index is 1.32. The lowest BCUT2D eigenvalue weighted by molar-refractivity contribution is -0.384. The van der Waals surface area contributed by atoms with Crippen LogP contribution in [0.2, 0.25) is 0 Å². The third-order valence-corrected chi connectivity index (χ3v) is 5.42. The average Bonchev–Trinajstić information content (AvgIpc) is 2.82. The molecule has 2 heterocycles. The number of nitro groups is 1. The molecule has 0 spiro atoms. The van der Waals surface area contributed by atoms with Gasteiger partial charge in [0.2, 0.25) is 5.91 Å². The van der Waals surface area contributed by atoms with Crippen LogP contribution in [0.25, 0.3) is 10.9 Å². The number of carbonyl (C=O) groups excluding carboxylic acids is 2. The van der Waals surface area contributed by atoms with Crippen LogP contribution in [0.5, 0.6) is 0 Å². The topological polar surface area (TPSA) is 117 Å². The molecule has 3 aromatic rings. The Morgan fingerprint density at radius 2 is 1.68 bits per heavy atom. The number of hydrogen-bond acceptors (Lipinski definition) is 6. The van der Waals surface area contributed by atoms with E-state index in [0.717, 1.165) is 5.39 Å². The second kappa shape index (κ2) is 8.78. The second-order valence-corrected chi connectivity index (χ2v) is 7.34. The number of benzene rings is 2. The fourth-order valence-electron chi connectivity index (χ4n) is 3.75. The standard InChI is InChI=1S/C22H21N5O4/c28-21(24-25-22(29)18-10-9-15-5-1-2-6-17(15)23-18)16-11-13-26(14-12-16)19-7-3-4-8-20(19)27(30)31/h1-10,16H,11-14H2,(H,24,28)(H,25,29). The molecule has 31 heavy (non-hydrogen) atoms. The molecule has 2 N–H and O–H groups in total. The van der Waals surface area contributed by atoms with Crippen LogP contribution in [0.3, 0.4) is 0 Å². The van der Waals surface area contributed by atoms with E-state index in [0.29, 0.717) is 37.1 Å². The van der Waals surface area contributed by atoms with E-state index in [9.17, 15) is 19.7 Å². The highest BCUT2D eigenvalue weighted by molar-refractivity contribution is 5.96. The fraction of sp³-hybridized carbons (Fsp3) is 0.227. The van der Waals surface area contributed by atoms with Crippen LogP contribution in [0.15, 0.2) is 60.7 Å². The second-order valence-electron chi connectivity index (χ2n) is 7.34. The lowest BCUT2D eigenvalue weighted by Crippen LogP contribution is -2.47. The number of nitrogens with one attached hydrogen (secondary N) is 2. The minimum absolute atomic E-state index is 0.0561. The average molecular weight is 419 g/mol. The molecule has 9 nitrogen and oxygen atoms in total. The van der Waals surface area contributed by atoms with Gasteiger partial charge in [0.05, 0.1) is 10.4 Å². The summed E-state index contributed by atoms with van der Waals surface area (Å²) in [7, 11) is 0. The third-order valence-electron chi connectivity index (χ3n) is 5.42. The maximum atomic E-state index is 12.5. The van der Waals surface area contributed by atoms with Gasteiger partial charge < -0.3 is 4.90 Å². The maximum Gasteiger partial charge on any atom is 0.292 e. The van der Waals surface area contributed by atoms with E-state index in [1.807, 2.05) is 29.2 Å². The van der Waals surface area contributed by atoms with Gasteiger partial charge in [-0.3, -0.25) is 30.6 Å². The molecule has 158 valence electrons. The van der Waals surface area contributed by atoms with Crippen LogP contribution >= 0.6 is 0 Å². The number of nitrogens with zero attached hydrogens (tertiary/aromatic N) is 3. The number of para-hydroxylation sites is 3. The maximum absolute atomic E-state index is 12.5. The van der Waals surface area contributed by atoms with Gasteiger partial charge in [-0.15, -0.1) is 0 Å². The molecule has 0 saturated carbocycles. The zero-order valence-electron chi connectivity index (χ0n) is 16.7. The molecule has 1 aliphatic heterocycles. The number of piperidine rings is 1. The minimum Gasteiger partial charge on any atom is -0.366 e. The summed E-state index contributed by atoms with van der Waals surface area (Å²) < 4.78 is 0. The van der Waals surface area contributed by atoms with Gasteiger partial charge in [0.25, 0.3) is 11.6 Å². The Bertz CT molecular complexity index is 1140. The molecule has 0 atom stereocenters. The van der Waals surface area contributed by atoms with Gasteiger partial charge in [-0.1, -0.05) is 36.4 Å². The van der Waals surface area contributed by atoms with E-state index in [4.69, 9.17) is 0 Å². The van der Waals surface area contributed by atoms with Gasteiger partial charge in [0.15, 0.2) is 0 Å². The Hall–Kier alpha value is -4.01. The van der Waals surface area contributed by atoms with Crippen molar-refractivity contribution in [1.29, 1.82) is 0 Å². The van der Waals surface area contributed by atoms with Crippen molar-refractivity contribution < 1.29 is 14.5 Å². The van der Waals surface area contributed by atoms with E-state index in [1.54, 1.807) is 30.3 Å². The third kappa shape index (κ3) is 4.45. The fourth-order valence-corrected chi connectivity index (χ4v) is 3.75. The minimum atomic E-state index is -0.489. The summed E-state index contributed by atoms with van der Waals surface area (Å²) in [5.74, 6) is -1.06. The van der Waals surface area contributed by atoms with Crippen molar-refractivity contribution in [3.05, 3.63) is 76.5 Å². The Morgan fingerprint density at radius 1 is 0.968 bits per heavy atom. The van der Waals surface area contributed by atoms with E-state index < -0.39 is 10.8 Å². The largest absolute Gasteiger partial charge is 0.366 e. The number of carbonyl (C=O) groups is 2. The first-order valence-electron chi connectivity index (χ1n) is 9.97. The van der Waals surface area contributed by atoms with Gasteiger partial charge >= 0.3 is 0 Å². The highest BCUT2D eigenvalue weighted by Gasteiger charge is 2.28. The smallest absolute Gasteiger partial charge is 0.292 e. The predicted molar refractivity (Wildman–Crippen MR) is 115 cm³/mol. The number of pyridine rings is 1. The SMILES string of the molecule is O=C(NNC(=O)C1CCN(c2ccccc2[N+](=O)[O-])CC1)c1ccc2ccccc2n1. The van der Waals surface area contributed by atoms with Crippen molar-refractivity contribution in [1.82, 2.24) is 15.8 Å². The van der Waals surface area contributed by atoms with Crippen LogP contribution in [-0.2, 0) is 4.79 Å². The molecule has 2 aromatic carbocycles.